The second-order valence-electron chi connectivity index (χ2n) is 7.85. The van der Waals surface area contributed by atoms with Crippen LogP contribution in [0.3, 0.4) is 0 Å². The highest BCUT2D eigenvalue weighted by Crippen LogP contribution is 2.38. The van der Waals surface area contributed by atoms with E-state index in [1.807, 2.05) is 19.1 Å². The summed E-state index contributed by atoms with van der Waals surface area (Å²) in [6, 6.07) is 8.19. The summed E-state index contributed by atoms with van der Waals surface area (Å²) in [4.78, 5) is 30.2. The van der Waals surface area contributed by atoms with Gasteiger partial charge in [-0.3, -0.25) is 9.36 Å². The summed E-state index contributed by atoms with van der Waals surface area (Å²) in [6.07, 6.45) is -3.41. The van der Waals surface area contributed by atoms with Crippen molar-refractivity contribution in [2.45, 2.75) is 26.1 Å². The Morgan fingerprint density at radius 2 is 1.87 bits per heavy atom. The van der Waals surface area contributed by atoms with Crippen LogP contribution in [-0.2, 0) is 9.53 Å². The lowest BCUT2D eigenvalue weighted by atomic mass is 9.95. The number of esters is 1. The Morgan fingerprint density at radius 3 is 2.47 bits per heavy atom. The molecule has 0 saturated heterocycles. The zero-order chi connectivity index (χ0) is 27.8. The quantitative estimate of drug-likeness (QED) is 0.241. The Bertz CT molecular complexity index is 1620. The fourth-order valence-electron chi connectivity index (χ4n) is 3.93. The van der Waals surface area contributed by atoms with Crippen molar-refractivity contribution in [3.8, 4) is 5.75 Å². The van der Waals surface area contributed by atoms with E-state index in [1.54, 1.807) is 6.08 Å². The monoisotopic (exact) mass is 788 g/mol. The van der Waals surface area contributed by atoms with Crippen molar-refractivity contribution in [2.24, 2.45) is 4.99 Å². The lowest BCUT2D eigenvalue weighted by molar-refractivity contribution is -0.140. The number of halogens is 6. The minimum absolute atomic E-state index is 0.132. The third-order valence-electron chi connectivity index (χ3n) is 5.39. The Morgan fingerprint density at radius 1 is 1.18 bits per heavy atom. The van der Waals surface area contributed by atoms with Crippen LogP contribution in [-0.4, -0.2) is 29.9 Å². The number of ether oxygens (including phenoxy) is 2. The second-order valence-corrected chi connectivity index (χ2v) is 11.7. The van der Waals surface area contributed by atoms with E-state index in [9.17, 15) is 22.8 Å². The van der Waals surface area contributed by atoms with Gasteiger partial charge in [0, 0.05) is 14.2 Å². The molecule has 1 aromatic heterocycles. The molecule has 4 rings (SSSR count). The smallest absolute Gasteiger partial charge is 0.434 e. The minimum Gasteiger partial charge on any atom is -0.492 e. The number of fused-ring (bicyclic) bond motifs is 1. The first kappa shape index (κ1) is 29.1. The molecule has 1 aliphatic rings. The van der Waals surface area contributed by atoms with E-state index < -0.39 is 35.0 Å². The van der Waals surface area contributed by atoms with Crippen molar-refractivity contribution in [1.82, 2.24) is 4.57 Å². The number of thiazole rings is 1. The molecule has 0 unspecified atom stereocenters. The molecule has 0 saturated carbocycles. The van der Waals surface area contributed by atoms with Crippen LogP contribution in [0.4, 0.5) is 13.2 Å². The molecule has 0 spiro atoms. The van der Waals surface area contributed by atoms with Crippen molar-refractivity contribution in [3.05, 3.63) is 90.6 Å². The van der Waals surface area contributed by atoms with E-state index >= 15 is 0 Å². The summed E-state index contributed by atoms with van der Waals surface area (Å²) in [6.45, 7) is 3.54. The van der Waals surface area contributed by atoms with Gasteiger partial charge in [-0.1, -0.05) is 35.1 Å². The fourth-order valence-corrected chi connectivity index (χ4v) is 7.09. The van der Waals surface area contributed by atoms with E-state index in [0.717, 1.165) is 23.0 Å². The van der Waals surface area contributed by atoms with Crippen LogP contribution in [0, 0.1) is 7.14 Å². The zero-order valence-corrected chi connectivity index (χ0v) is 25.6. The van der Waals surface area contributed by atoms with Crippen molar-refractivity contribution in [2.75, 3.05) is 13.2 Å². The van der Waals surface area contributed by atoms with Crippen molar-refractivity contribution in [1.29, 1.82) is 0 Å². The number of alkyl halides is 3. The fraction of sp³-hybridized carbons (Fsp3) is 0.240. The first-order valence-corrected chi connectivity index (χ1v) is 14.5. The number of nitrogens with zero attached hydrogens (tertiary/aromatic N) is 2. The largest absolute Gasteiger partial charge is 0.492 e. The number of carbonyl (C=O) groups is 1. The van der Waals surface area contributed by atoms with Crippen LogP contribution < -0.4 is 19.6 Å². The molecular weight excluding hydrogens is 771 g/mol. The topological polar surface area (TPSA) is 69.9 Å². The molecule has 1 atom stereocenters. The van der Waals surface area contributed by atoms with Gasteiger partial charge in [-0.05, 0) is 94.9 Å². The van der Waals surface area contributed by atoms with Crippen LogP contribution >= 0.6 is 68.1 Å². The summed E-state index contributed by atoms with van der Waals surface area (Å²) in [5.74, 6) is -0.652. The average Bonchev–Trinajstić information content (AvgIpc) is 3.15. The molecule has 38 heavy (non-hydrogen) atoms. The standard InChI is InChI=1S/C25H18ClF3I2N2O4S/c1-3-36-20-13(9-15(30)11-16(20)31)10-17-22(34)33-19(12-5-7-14(26)8-6-12)18(23(35)37-4-2)21(25(27,28)29)32-24(33)38-17/h5-11,19H,3-4H2,1-2H3/b17-10-/t19-/m0/s1. The van der Waals surface area contributed by atoms with Gasteiger partial charge in [0.25, 0.3) is 5.56 Å². The lowest BCUT2D eigenvalue weighted by Crippen LogP contribution is -2.41. The molecule has 0 fully saturated rings. The van der Waals surface area contributed by atoms with Gasteiger partial charge in [0.1, 0.15) is 5.75 Å². The Balaban J connectivity index is 2.06. The maximum atomic E-state index is 14.2. The van der Waals surface area contributed by atoms with Gasteiger partial charge in [-0.2, -0.15) is 13.2 Å². The number of rotatable bonds is 6. The number of hydrogen-bond acceptors (Lipinski definition) is 6. The van der Waals surface area contributed by atoms with Crippen LogP contribution in [0.25, 0.3) is 6.08 Å². The van der Waals surface area contributed by atoms with Crippen LogP contribution in [0.15, 0.2) is 57.5 Å². The third-order valence-corrected chi connectivity index (χ3v) is 8.05. The van der Waals surface area contributed by atoms with Gasteiger partial charge in [-0.25, -0.2) is 9.79 Å². The normalized spacial score (nSPS) is 15.8. The molecule has 1 aliphatic heterocycles. The van der Waals surface area contributed by atoms with Gasteiger partial charge in [0.2, 0.25) is 0 Å². The first-order valence-electron chi connectivity index (χ1n) is 11.1. The molecule has 13 heteroatoms. The molecule has 2 aromatic carbocycles. The Labute approximate surface area is 251 Å². The molecular formula is C25H18ClF3I2N2O4S. The minimum atomic E-state index is -4.98. The predicted octanol–water partition coefficient (Wildman–Crippen LogP) is 5.60. The van der Waals surface area contributed by atoms with Crippen molar-refractivity contribution >= 4 is 80.2 Å². The average molecular weight is 789 g/mol. The van der Waals surface area contributed by atoms with Crippen LogP contribution in [0.5, 0.6) is 5.75 Å². The SMILES string of the molecule is CCOC(=O)C1=C(C(F)(F)F)N=c2s/c(=C\c3cc(I)cc(I)c3OCC)c(=O)n2[C@H]1c1ccc(Cl)cc1. The highest BCUT2D eigenvalue weighted by atomic mass is 127. The Kier molecular flexibility index (Phi) is 8.94. The number of allylic oxidation sites excluding steroid dienone is 1. The number of aromatic nitrogens is 1. The molecule has 3 aromatic rings. The van der Waals surface area contributed by atoms with Gasteiger partial charge in [0.05, 0.1) is 32.9 Å². The molecule has 0 aliphatic carbocycles. The van der Waals surface area contributed by atoms with Crippen LogP contribution in [0.2, 0.25) is 5.02 Å². The van der Waals surface area contributed by atoms with Gasteiger partial charge >= 0.3 is 12.1 Å². The summed E-state index contributed by atoms with van der Waals surface area (Å²) < 4.78 is 56.4. The predicted molar refractivity (Wildman–Crippen MR) is 155 cm³/mol. The summed E-state index contributed by atoms with van der Waals surface area (Å²) in [5.41, 5.74) is -1.92. The molecule has 0 radical (unpaired) electrons. The maximum absolute atomic E-state index is 14.2. The summed E-state index contributed by atoms with van der Waals surface area (Å²) in [7, 11) is 0. The van der Waals surface area contributed by atoms with E-state index in [0.29, 0.717) is 22.9 Å². The van der Waals surface area contributed by atoms with Gasteiger partial charge < -0.3 is 9.47 Å². The molecule has 0 N–H and O–H groups in total. The molecule has 2 heterocycles. The molecule has 0 bridgehead atoms. The summed E-state index contributed by atoms with van der Waals surface area (Å²) >= 11 is 11.1. The van der Waals surface area contributed by atoms with Gasteiger partial charge in [-0.15, -0.1) is 0 Å². The molecule has 0 amide bonds. The van der Waals surface area contributed by atoms with E-state index in [2.05, 4.69) is 50.2 Å². The Hall–Kier alpha value is -1.91. The second kappa shape index (κ2) is 11.7. The van der Waals surface area contributed by atoms with Crippen molar-refractivity contribution in [3.63, 3.8) is 0 Å². The number of carbonyl (C=O) groups excluding carboxylic acids is 1. The number of hydrogen-bond donors (Lipinski definition) is 0. The molecule has 6 nitrogen and oxygen atoms in total. The molecule has 200 valence electrons. The van der Waals surface area contributed by atoms with E-state index in [1.165, 1.54) is 31.2 Å². The highest BCUT2D eigenvalue weighted by molar-refractivity contribution is 14.1. The highest BCUT2D eigenvalue weighted by Gasteiger charge is 2.45. The van der Waals surface area contributed by atoms with Crippen LogP contribution in [0.1, 0.15) is 31.0 Å². The first-order chi connectivity index (χ1) is 18.0. The maximum Gasteiger partial charge on any atom is 0.434 e. The zero-order valence-electron chi connectivity index (χ0n) is 19.7. The van der Waals surface area contributed by atoms with E-state index in [4.69, 9.17) is 21.1 Å². The summed E-state index contributed by atoms with van der Waals surface area (Å²) in [5, 5.41) is 0.343. The van der Waals surface area contributed by atoms with Crippen molar-refractivity contribution < 1.29 is 27.4 Å². The third kappa shape index (κ3) is 5.82. The van der Waals surface area contributed by atoms with Gasteiger partial charge in [0.15, 0.2) is 10.5 Å². The lowest BCUT2D eigenvalue weighted by Gasteiger charge is -2.26. The number of benzene rings is 2. The van der Waals surface area contributed by atoms with E-state index in [-0.39, 0.29) is 21.5 Å².